The maximum absolute atomic E-state index is 12.6. The van der Waals surface area contributed by atoms with Crippen molar-refractivity contribution < 1.29 is 4.79 Å². The highest BCUT2D eigenvalue weighted by molar-refractivity contribution is 7.71. The molecule has 0 aliphatic carbocycles. The van der Waals surface area contributed by atoms with Gasteiger partial charge in [0.25, 0.3) is 0 Å². The van der Waals surface area contributed by atoms with Crippen molar-refractivity contribution in [2.45, 2.75) is 58.7 Å². The van der Waals surface area contributed by atoms with Crippen LogP contribution in [0.2, 0.25) is 5.02 Å². The van der Waals surface area contributed by atoms with Crippen molar-refractivity contribution in [1.82, 2.24) is 24.6 Å². The van der Waals surface area contributed by atoms with Crippen LogP contribution in [0.15, 0.2) is 42.6 Å². The fourth-order valence-electron chi connectivity index (χ4n) is 4.10. The smallest absolute Gasteiger partial charge is 0.222 e. The van der Waals surface area contributed by atoms with Crippen molar-refractivity contribution in [3.8, 4) is 11.4 Å². The number of benzene rings is 1. The van der Waals surface area contributed by atoms with Crippen LogP contribution >= 0.6 is 23.8 Å². The third-order valence-electron chi connectivity index (χ3n) is 6.04. The number of aromatic nitrogens is 4. The summed E-state index contributed by atoms with van der Waals surface area (Å²) >= 11 is 11.8. The molecule has 0 saturated carbocycles. The van der Waals surface area contributed by atoms with Gasteiger partial charge in [0.05, 0.1) is 6.54 Å². The zero-order valence-corrected chi connectivity index (χ0v) is 21.1. The second kappa shape index (κ2) is 11.6. The molecule has 4 rings (SSSR count). The van der Waals surface area contributed by atoms with Gasteiger partial charge in [-0.3, -0.25) is 9.36 Å². The fraction of sp³-hybridized carbons (Fsp3) is 0.440. The molecule has 7 nitrogen and oxygen atoms in total. The third kappa shape index (κ3) is 6.04. The molecule has 1 aliphatic rings. The molecule has 0 bridgehead atoms. The highest BCUT2D eigenvalue weighted by Crippen LogP contribution is 2.22. The third-order valence-corrected chi connectivity index (χ3v) is 6.72. The molecule has 180 valence electrons. The van der Waals surface area contributed by atoms with E-state index >= 15 is 0 Å². The van der Waals surface area contributed by atoms with Gasteiger partial charge >= 0.3 is 0 Å². The van der Waals surface area contributed by atoms with Gasteiger partial charge in [0.2, 0.25) is 5.91 Å². The summed E-state index contributed by atoms with van der Waals surface area (Å²) in [6, 6.07) is 11.6. The summed E-state index contributed by atoms with van der Waals surface area (Å²) in [6.45, 7) is 5.95. The Morgan fingerprint density at radius 1 is 1.15 bits per heavy atom. The van der Waals surface area contributed by atoms with Crippen LogP contribution in [0.5, 0.6) is 0 Å². The average Bonchev–Trinajstić information content (AvgIpc) is 3.50. The topological polar surface area (TPSA) is 68.0 Å². The predicted octanol–water partition coefficient (Wildman–Crippen LogP) is 5.24. The molecule has 1 fully saturated rings. The van der Waals surface area contributed by atoms with Crippen LogP contribution in [0.4, 0.5) is 5.82 Å². The zero-order valence-electron chi connectivity index (χ0n) is 19.5. The Morgan fingerprint density at radius 3 is 2.65 bits per heavy atom. The number of nitrogens with one attached hydrogen (secondary N) is 1. The molecule has 1 N–H and O–H groups in total. The number of aryl methyl sites for hydroxylation is 1. The van der Waals surface area contributed by atoms with E-state index in [1.807, 2.05) is 36.5 Å². The number of pyridine rings is 1. The summed E-state index contributed by atoms with van der Waals surface area (Å²) in [5.41, 5.74) is 2.01. The molecular formula is C25H31ClN6OS. The largest absolute Gasteiger partial charge is 0.357 e. The van der Waals surface area contributed by atoms with Gasteiger partial charge in [0, 0.05) is 49.4 Å². The Bertz CT molecular complexity index is 1170. The van der Waals surface area contributed by atoms with Crippen LogP contribution in [0, 0.1) is 4.77 Å². The van der Waals surface area contributed by atoms with Crippen molar-refractivity contribution in [2.24, 2.45) is 0 Å². The van der Waals surface area contributed by atoms with E-state index in [1.54, 1.807) is 4.68 Å². The lowest BCUT2D eigenvalue weighted by molar-refractivity contribution is -0.121. The number of unbranched alkanes of at least 4 members (excludes halogenated alkanes) is 1. The molecule has 0 radical (unpaired) electrons. The second-order valence-corrected chi connectivity index (χ2v) is 9.39. The number of hydrogen-bond acceptors (Lipinski definition) is 5. The summed E-state index contributed by atoms with van der Waals surface area (Å²) in [5.74, 6) is 1.77. The van der Waals surface area contributed by atoms with Gasteiger partial charge in [-0.05, 0) is 73.4 Å². The number of hydrogen-bond donors (Lipinski definition) is 1. The number of carbonyl (C=O) groups excluding carboxylic acids is 1. The molecular weight excluding hydrogens is 468 g/mol. The van der Waals surface area contributed by atoms with Gasteiger partial charge in [0.15, 0.2) is 10.6 Å². The molecule has 0 atom stereocenters. The van der Waals surface area contributed by atoms with Gasteiger partial charge in [-0.2, -0.15) is 5.10 Å². The highest BCUT2D eigenvalue weighted by Gasteiger charge is 2.15. The first-order chi connectivity index (χ1) is 16.5. The summed E-state index contributed by atoms with van der Waals surface area (Å²) in [5, 5.41) is 8.45. The maximum atomic E-state index is 12.6. The lowest BCUT2D eigenvalue weighted by Crippen LogP contribution is -2.25. The number of amides is 1. The molecule has 1 saturated heterocycles. The second-order valence-electron chi connectivity index (χ2n) is 8.58. The first kappa shape index (κ1) is 24.4. The van der Waals surface area contributed by atoms with E-state index in [9.17, 15) is 4.79 Å². The molecule has 1 amide bonds. The van der Waals surface area contributed by atoms with E-state index in [1.165, 1.54) is 12.8 Å². The van der Waals surface area contributed by atoms with Crippen LogP contribution in [-0.2, 0) is 24.4 Å². The van der Waals surface area contributed by atoms with Gasteiger partial charge in [-0.25, -0.2) is 9.67 Å². The van der Waals surface area contributed by atoms with E-state index < -0.39 is 0 Å². The van der Waals surface area contributed by atoms with Gasteiger partial charge in [0.1, 0.15) is 5.82 Å². The molecule has 0 spiro atoms. The van der Waals surface area contributed by atoms with E-state index in [4.69, 9.17) is 28.9 Å². The molecule has 3 heterocycles. The first-order valence-electron chi connectivity index (χ1n) is 12.0. The van der Waals surface area contributed by atoms with Crippen molar-refractivity contribution in [3.63, 3.8) is 0 Å². The van der Waals surface area contributed by atoms with Crippen LogP contribution in [0.1, 0.15) is 44.6 Å². The number of halogens is 1. The summed E-state index contributed by atoms with van der Waals surface area (Å²) < 4.78 is 4.44. The van der Waals surface area contributed by atoms with E-state index in [0.29, 0.717) is 29.3 Å². The lowest BCUT2D eigenvalue weighted by atomic mass is 10.2. The normalized spacial score (nSPS) is 13.4. The summed E-state index contributed by atoms with van der Waals surface area (Å²) in [6.07, 6.45) is 6.60. The monoisotopic (exact) mass is 498 g/mol. The fourth-order valence-corrected chi connectivity index (χ4v) is 4.54. The van der Waals surface area contributed by atoms with Gasteiger partial charge in [-0.15, -0.1) is 0 Å². The Morgan fingerprint density at radius 2 is 1.91 bits per heavy atom. The maximum Gasteiger partial charge on any atom is 0.222 e. The van der Waals surface area contributed by atoms with Crippen LogP contribution in [0.3, 0.4) is 0 Å². The Hall–Kier alpha value is -2.71. The summed E-state index contributed by atoms with van der Waals surface area (Å²) in [4.78, 5) is 19.3. The van der Waals surface area contributed by atoms with Crippen molar-refractivity contribution in [1.29, 1.82) is 0 Å². The minimum Gasteiger partial charge on any atom is -0.357 e. The molecule has 0 unspecified atom stereocenters. The molecule has 34 heavy (non-hydrogen) atoms. The minimum absolute atomic E-state index is 0.0300. The molecule has 2 aromatic heterocycles. The van der Waals surface area contributed by atoms with Crippen molar-refractivity contribution >= 4 is 35.5 Å². The number of carbonyl (C=O) groups is 1. The van der Waals surface area contributed by atoms with Crippen LogP contribution in [-0.4, -0.2) is 38.3 Å². The van der Waals surface area contributed by atoms with Crippen LogP contribution in [0.25, 0.3) is 11.4 Å². The molecule has 1 aromatic carbocycles. The SMILES string of the molecule is CCCCn1c(-c2ccc(Cl)cc2)nn(CCC(=O)NCc2ccnc(N3CCCC3)c2)c1=S. The first-order valence-corrected chi connectivity index (χ1v) is 12.7. The molecule has 1 aliphatic heterocycles. The average molecular weight is 499 g/mol. The molecule has 3 aromatic rings. The number of anilines is 1. The quantitative estimate of drug-likeness (QED) is 0.387. The van der Waals surface area contributed by atoms with E-state index in [0.717, 1.165) is 55.2 Å². The standard InChI is InChI=1S/C25H31ClN6OS/c1-2-3-15-31-24(20-6-8-21(26)9-7-20)29-32(25(31)34)16-11-23(33)28-18-19-10-12-27-22(17-19)30-13-4-5-14-30/h6-10,12,17H,2-5,11,13-16,18H2,1H3,(H,28,33). The number of rotatable bonds is 10. The zero-order chi connectivity index (χ0) is 23.9. The predicted molar refractivity (Wildman–Crippen MR) is 139 cm³/mol. The summed E-state index contributed by atoms with van der Waals surface area (Å²) in [7, 11) is 0. The minimum atomic E-state index is -0.0300. The highest BCUT2D eigenvalue weighted by atomic mass is 35.5. The van der Waals surface area contributed by atoms with E-state index in [-0.39, 0.29) is 5.91 Å². The Kier molecular flexibility index (Phi) is 8.34. The van der Waals surface area contributed by atoms with Crippen molar-refractivity contribution in [2.75, 3.05) is 18.0 Å². The number of nitrogens with zero attached hydrogens (tertiary/aromatic N) is 5. The van der Waals surface area contributed by atoms with E-state index in [2.05, 4.69) is 32.8 Å². The van der Waals surface area contributed by atoms with Gasteiger partial charge < -0.3 is 10.2 Å². The molecule has 9 heteroatoms. The lowest BCUT2D eigenvalue weighted by Gasteiger charge is -2.17. The van der Waals surface area contributed by atoms with Crippen LogP contribution < -0.4 is 10.2 Å². The van der Waals surface area contributed by atoms with Crippen molar-refractivity contribution in [3.05, 3.63) is 58.0 Å². The Labute approximate surface area is 210 Å². The van der Waals surface area contributed by atoms with Gasteiger partial charge in [-0.1, -0.05) is 24.9 Å². The Balaban J connectivity index is 1.39.